The van der Waals surface area contributed by atoms with E-state index in [9.17, 15) is 39.2 Å². The van der Waals surface area contributed by atoms with Crippen LogP contribution in [0.1, 0.15) is 54.6 Å². The Balaban J connectivity index is 1.23. The summed E-state index contributed by atoms with van der Waals surface area (Å²) < 4.78 is 0. The van der Waals surface area contributed by atoms with Gasteiger partial charge in [-0.15, -0.1) is 0 Å². The fourth-order valence-electron chi connectivity index (χ4n) is 7.87. The first-order chi connectivity index (χ1) is 24.0. The van der Waals surface area contributed by atoms with Crippen molar-refractivity contribution in [3.05, 3.63) is 145 Å². The number of nitrogens with one attached hydrogen (secondary N) is 2. The molecule has 248 valence electrons. The summed E-state index contributed by atoms with van der Waals surface area (Å²) in [6, 6.07) is 20.7. The highest BCUT2D eigenvalue weighted by molar-refractivity contribution is 6.30. The first-order valence-corrected chi connectivity index (χ1v) is 16.0. The Morgan fingerprint density at radius 2 is 1.56 bits per heavy atom. The number of likely N-dealkylation sites (tertiary alicyclic amines) is 1. The van der Waals surface area contributed by atoms with E-state index in [1.54, 1.807) is 48.7 Å². The predicted molar refractivity (Wildman–Crippen MR) is 179 cm³/mol. The van der Waals surface area contributed by atoms with E-state index in [0.29, 0.717) is 16.5 Å². The average molecular weight is 689 g/mol. The lowest BCUT2D eigenvalue weighted by atomic mass is 9.76. The molecular weight excluding hydrogens is 664 g/mol. The summed E-state index contributed by atoms with van der Waals surface area (Å²) in [5.41, 5.74) is 0.00489. The number of nitrogens with zero attached hydrogens (tertiary/aromatic N) is 2. The number of aromatic amines is 1. The Morgan fingerprint density at radius 3 is 2.28 bits per heavy atom. The van der Waals surface area contributed by atoms with Crippen LogP contribution in [0.25, 0.3) is 10.9 Å². The van der Waals surface area contributed by atoms with Crippen LogP contribution in [0.15, 0.2) is 91.1 Å². The van der Waals surface area contributed by atoms with E-state index in [4.69, 9.17) is 11.6 Å². The van der Waals surface area contributed by atoms with Gasteiger partial charge in [-0.3, -0.25) is 44.3 Å². The summed E-state index contributed by atoms with van der Waals surface area (Å²) >= 11 is 6.29. The van der Waals surface area contributed by atoms with Crippen molar-refractivity contribution in [2.75, 3.05) is 0 Å². The van der Waals surface area contributed by atoms with Gasteiger partial charge in [0.1, 0.15) is 5.54 Å². The molecule has 0 saturated carbocycles. The molecule has 2 amide bonds. The third-order valence-corrected chi connectivity index (χ3v) is 10.4. The molecule has 50 heavy (non-hydrogen) atoms. The molecule has 4 aromatic carbocycles. The van der Waals surface area contributed by atoms with Gasteiger partial charge in [-0.25, -0.2) is 0 Å². The first-order valence-electron chi connectivity index (χ1n) is 15.7. The fraction of sp³-hybridized carbons (Fsp3) is 0.162. The normalized spacial score (nSPS) is 22.5. The molecule has 4 unspecified atom stereocenters. The number of benzene rings is 4. The number of nitro benzene ring substituents is 1. The number of para-hydroxylation sites is 1. The number of ketones is 2. The van der Waals surface area contributed by atoms with Crippen molar-refractivity contribution in [2.24, 2.45) is 11.8 Å². The van der Waals surface area contributed by atoms with E-state index >= 15 is 0 Å². The van der Waals surface area contributed by atoms with E-state index in [1.165, 1.54) is 30.3 Å². The summed E-state index contributed by atoms with van der Waals surface area (Å²) in [5, 5.41) is 27.0. The maximum absolute atomic E-state index is 14.5. The van der Waals surface area contributed by atoms with Crippen LogP contribution in [0.5, 0.6) is 0 Å². The molecule has 4 atom stereocenters. The molecule has 3 N–H and O–H groups in total. The number of hydrogen-bond acceptors (Lipinski definition) is 8. The molecule has 2 saturated heterocycles. The summed E-state index contributed by atoms with van der Waals surface area (Å²) in [7, 11) is 0. The van der Waals surface area contributed by atoms with Crippen LogP contribution >= 0.6 is 11.6 Å². The van der Waals surface area contributed by atoms with Crippen LogP contribution in [-0.4, -0.2) is 54.8 Å². The molecule has 0 bridgehead atoms. The third-order valence-electron chi connectivity index (χ3n) is 10.1. The highest BCUT2D eigenvalue weighted by Crippen LogP contribution is 2.52. The molecule has 5 aromatic rings. The number of carbonyl (C=O) groups is 5. The zero-order valence-corrected chi connectivity index (χ0v) is 26.6. The maximum Gasteiger partial charge on any atom is 0.325 e. The van der Waals surface area contributed by atoms with Gasteiger partial charge >= 0.3 is 5.97 Å². The molecule has 1 aromatic heterocycles. The Labute approximate surface area is 287 Å². The van der Waals surface area contributed by atoms with Gasteiger partial charge in [-0.05, 0) is 41.5 Å². The Kier molecular flexibility index (Phi) is 7.07. The van der Waals surface area contributed by atoms with Crippen molar-refractivity contribution >= 4 is 57.5 Å². The lowest BCUT2D eigenvalue weighted by molar-refractivity contribution is -0.385. The molecule has 3 aliphatic rings. The number of amides is 2. The fourth-order valence-corrected chi connectivity index (χ4v) is 8.05. The van der Waals surface area contributed by atoms with Gasteiger partial charge in [0.15, 0.2) is 11.6 Å². The second kappa shape index (κ2) is 11.3. The molecule has 0 radical (unpaired) electrons. The molecule has 3 heterocycles. The molecule has 2 fully saturated rings. The van der Waals surface area contributed by atoms with Gasteiger partial charge in [0.2, 0.25) is 11.8 Å². The number of hydrogen-bond donors (Lipinski definition) is 3. The summed E-state index contributed by atoms with van der Waals surface area (Å²) in [6.07, 6.45) is 1.41. The zero-order chi connectivity index (χ0) is 35.1. The molecule has 8 rings (SSSR count). The van der Waals surface area contributed by atoms with Crippen LogP contribution in [0.2, 0.25) is 5.02 Å². The SMILES string of the molecule is O=C1c2ccccc2C(=O)c2cc(CN3C(=O)C4C(c5cc(Cl)ccc5[N+](=O)[O-])NC(Cc5c[nH]c6ccccc56)(C(=O)O)C4C3=O)ccc21. The number of carboxylic acid groups (broad SMARTS) is 1. The van der Waals surface area contributed by atoms with E-state index in [2.05, 4.69) is 10.3 Å². The first kappa shape index (κ1) is 31.3. The molecule has 2 aliphatic heterocycles. The maximum atomic E-state index is 14.5. The summed E-state index contributed by atoms with van der Waals surface area (Å²) in [6.45, 7) is -0.325. The van der Waals surface area contributed by atoms with Gasteiger partial charge < -0.3 is 10.1 Å². The number of rotatable bonds is 7. The van der Waals surface area contributed by atoms with Gasteiger partial charge in [0.25, 0.3) is 5.69 Å². The third kappa shape index (κ3) is 4.52. The number of halogens is 1. The van der Waals surface area contributed by atoms with Crippen molar-refractivity contribution in [2.45, 2.75) is 24.5 Å². The van der Waals surface area contributed by atoms with Gasteiger partial charge in [-0.2, -0.15) is 0 Å². The molecule has 13 heteroatoms. The largest absolute Gasteiger partial charge is 0.480 e. The van der Waals surface area contributed by atoms with E-state index in [1.807, 2.05) is 12.1 Å². The van der Waals surface area contributed by atoms with Gasteiger partial charge in [0.05, 0.1) is 29.3 Å². The minimum Gasteiger partial charge on any atom is -0.480 e. The number of aliphatic carboxylic acids is 1. The number of imide groups is 1. The number of fused-ring (bicyclic) bond motifs is 4. The van der Waals surface area contributed by atoms with Crippen molar-refractivity contribution in [3.8, 4) is 0 Å². The van der Waals surface area contributed by atoms with Crippen LogP contribution in [0, 0.1) is 22.0 Å². The van der Waals surface area contributed by atoms with Crippen molar-refractivity contribution < 1.29 is 34.0 Å². The standard InChI is InChI=1S/C37H25ClN4O8/c38-20-10-12-28(42(49)50)26(14-20)31-29-30(37(40-31,36(47)48)15-19-16-39-27-8-4-3-5-21(19)27)35(46)41(34(29)45)17-18-9-11-24-25(13-18)33(44)23-7-2-1-6-22(23)32(24)43/h1-14,16,29-31,39-40H,15,17H2,(H,47,48). The summed E-state index contributed by atoms with van der Waals surface area (Å²) in [5.74, 6) is -6.47. The number of nitro groups is 1. The second-order valence-corrected chi connectivity index (χ2v) is 13.2. The zero-order valence-electron chi connectivity index (χ0n) is 25.9. The summed E-state index contributed by atoms with van der Waals surface area (Å²) in [4.78, 5) is 84.5. The number of carboxylic acids is 1. The van der Waals surface area contributed by atoms with E-state index < -0.39 is 51.8 Å². The quantitative estimate of drug-likeness (QED) is 0.118. The Hall–Kier alpha value is -5.98. The molecule has 12 nitrogen and oxygen atoms in total. The van der Waals surface area contributed by atoms with Crippen LogP contribution in [0.4, 0.5) is 5.69 Å². The monoisotopic (exact) mass is 688 g/mol. The van der Waals surface area contributed by atoms with Crippen LogP contribution < -0.4 is 5.32 Å². The van der Waals surface area contributed by atoms with E-state index in [-0.39, 0.29) is 57.4 Å². The Morgan fingerprint density at radius 1 is 0.880 bits per heavy atom. The number of H-pyrrole nitrogens is 1. The average Bonchev–Trinajstić information content (AvgIpc) is 3.75. The Bertz CT molecular complexity index is 2370. The highest BCUT2D eigenvalue weighted by atomic mass is 35.5. The lowest BCUT2D eigenvalue weighted by Gasteiger charge is -2.31. The number of carbonyl (C=O) groups excluding carboxylic acids is 4. The highest BCUT2D eigenvalue weighted by Gasteiger charge is 2.69. The lowest BCUT2D eigenvalue weighted by Crippen LogP contribution is -2.57. The molecule has 1 aliphatic carbocycles. The van der Waals surface area contributed by atoms with E-state index in [0.717, 1.165) is 10.4 Å². The van der Waals surface area contributed by atoms with Gasteiger partial charge in [-0.1, -0.05) is 60.1 Å². The van der Waals surface area contributed by atoms with Crippen molar-refractivity contribution in [1.82, 2.24) is 15.2 Å². The van der Waals surface area contributed by atoms with Crippen molar-refractivity contribution in [1.29, 1.82) is 0 Å². The molecule has 0 spiro atoms. The van der Waals surface area contributed by atoms with Crippen LogP contribution in [-0.2, 0) is 27.3 Å². The smallest absolute Gasteiger partial charge is 0.325 e. The number of aromatic nitrogens is 1. The minimum atomic E-state index is -2.07. The second-order valence-electron chi connectivity index (χ2n) is 12.7. The predicted octanol–water partition coefficient (Wildman–Crippen LogP) is 5.02. The minimum absolute atomic E-state index is 0.0286. The topological polar surface area (TPSA) is 180 Å². The van der Waals surface area contributed by atoms with Crippen molar-refractivity contribution in [3.63, 3.8) is 0 Å². The van der Waals surface area contributed by atoms with Gasteiger partial charge in [0, 0.05) is 62.4 Å². The van der Waals surface area contributed by atoms with Crippen LogP contribution in [0.3, 0.4) is 0 Å². The molecular formula is C37H25ClN4O8.